The molecule has 0 aliphatic heterocycles. The fraction of sp³-hybridized carbons (Fsp3) is 0.222. The summed E-state index contributed by atoms with van der Waals surface area (Å²) in [6, 6.07) is 4.61. The van der Waals surface area contributed by atoms with E-state index in [1.807, 2.05) is 0 Å². The summed E-state index contributed by atoms with van der Waals surface area (Å²) in [5.74, 6) is 0.188. The Bertz CT molecular complexity index is 425. The number of benzene rings is 1. The third-order valence-electron chi connectivity index (χ3n) is 1.77. The van der Waals surface area contributed by atoms with Crippen molar-refractivity contribution < 1.29 is 14.3 Å². The van der Waals surface area contributed by atoms with Crippen LogP contribution in [0.1, 0.15) is 10.4 Å². The van der Waals surface area contributed by atoms with Crippen LogP contribution in [0.2, 0.25) is 0 Å². The average molecular weight is 207 g/mol. The van der Waals surface area contributed by atoms with Gasteiger partial charge in [0.05, 0.1) is 19.8 Å². The molecule has 0 spiro atoms. The van der Waals surface area contributed by atoms with Crippen LogP contribution < -0.4 is 9.47 Å². The number of amides is 1. The molecule has 0 saturated heterocycles. The highest BCUT2D eigenvalue weighted by Crippen LogP contribution is 2.25. The molecular weight excluding hydrogens is 198 g/mol. The molecule has 0 radical (unpaired) electrons. The number of carbonyl (C=O) groups is 1. The van der Waals surface area contributed by atoms with Crippen LogP contribution in [0.25, 0.3) is 10.4 Å². The van der Waals surface area contributed by atoms with E-state index in [4.69, 9.17) is 15.0 Å². The van der Waals surface area contributed by atoms with Crippen molar-refractivity contribution in [1.29, 1.82) is 0 Å². The fourth-order valence-electron chi connectivity index (χ4n) is 1.07. The molecule has 0 N–H and O–H groups in total. The zero-order valence-electron chi connectivity index (χ0n) is 8.30. The van der Waals surface area contributed by atoms with Crippen LogP contribution in [-0.2, 0) is 0 Å². The summed E-state index contributed by atoms with van der Waals surface area (Å²) in [7, 11) is 2.92. The van der Waals surface area contributed by atoms with Crippen LogP contribution in [0.4, 0.5) is 0 Å². The van der Waals surface area contributed by atoms with E-state index in [9.17, 15) is 4.79 Å². The highest BCUT2D eigenvalue weighted by Gasteiger charge is 2.11. The van der Waals surface area contributed by atoms with E-state index in [1.54, 1.807) is 12.1 Å². The Hall–Kier alpha value is -2.20. The number of rotatable bonds is 3. The van der Waals surface area contributed by atoms with Gasteiger partial charge in [-0.05, 0) is 22.8 Å². The average Bonchev–Trinajstić information content (AvgIpc) is 2.28. The zero-order valence-corrected chi connectivity index (χ0v) is 8.30. The highest BCUT2D eigenvalue weighted by atomic mass is 16.5. The van der Waals surface area contributed by atoms with E-state index in [1.165, 1.54) is 20.3 Å². The second kappa shape index (κ2) is 4.88. The first-order valence-corrected chi connectivity index (χ1v) is 4.04. The van der Waals surface area contributed by atoms with Gasteiger partial charge in [-0.3, -0.25) is 4.79 Å². The van der Waals surface area contributed by atoms with Gasteiger partial charge in [-0.1, -0.05) is 0 Å². The van der Waals surface area contributed by atoms with Gasteiger partial charge >= 0.3 is 0 Å². The van der Waals surface area contributed by atoms with Crippen molar-refractivity contribution in [2.24, 2.45) is 5.11 Å². The van der Waals surface area contributed by atoms with Gasteiger partial charge in [-0.2, -0.15) is 0 Å². The number of ether oxygens (including phenoxy) is 2. The van der Waals surface area contributed by atoms with Crippen LogP contribution in [0.5, 0.6) is 11.5 Å². The maximum atomic E-state index is 11.3. The summed E-state index contributed by atoms with van der Waals surface area (Å²) in [4.78, 5) is 13.7. The normalized spacial score (nSPS) is 8.93. The second-order valence-electron chi connectivity index (χ2n) is 2.56. The highest BCUT2D eigenvalue weighted by molar-refractivity contribution is 5.97. The zero-order chi connectivity index (χ0) is 11.3. The predicted molar refractivity (Wildman–Crippen MR) is 53.0 cm³/mol. The number of nitrogens with zero attached hydrogens (tertiary/aromatic N) is 3. The Morgan fingerprint density at radius 3 is 2.67 bits per heavy atom. The lowest BCUT2D eigenvalue weighted by atomic mass is 10.2. The molecule has 15 heavy (non-hydrogen) atoms. The number of azide groups is 1. The van der Waals surface area contributed by atoms with Crippen molar-refractivity contribution in [2.45, 2.75) is 0 Å². The molecule has 6 nitrogen and oxygen atoms in total. The van der Waals surface area contributed by atoms with Crippen LogP contribution in [0.3, 0.4) is 0 Å². The minimum Gasteiger partial charge on any atom is -0.497 e. The number of methoxy groups -OCH3 is 2. The molecule has 0 bridgehead atoms. The summed E-state index contributed by atoms with van der Waals surface area (Å²) < 4.78 is 9.93. The van der Waals surface area contributed by atoms with Gasteiger partial charge in [0.1, 0.15) is 11.5 Å². The quantitative estimate of drug-likeness (QED) is 0.432. The monoisotopic (exact) mass is 207 g/mol. The number of carbonyl (C=O) groups excluding carboxylic acids is 1. The maximum absolute atomic E-state index is 11.3. The SMILES string of the molecule is COc1ccc(C(=O)N=[N+]=[N-])c(OC)c1. The summed E-state index contributed by atoms with van der Waals surface area (Å²) in [5, 5.41) is 2.98. The van der Waals surface area contributed by atoms with Crippen molar-refractivity contribution in [3.05, 3.63) is 34.2 Å². The molecule has 0 unspecified atom stereocenters. The Kier molecular flexibility index (Phi) is 3.54. The van der Waals surface area contributed by atoms with Gasteiger partial charge in [0, 0.05) is 11.0 Å². The molecule has 78 valence electrons. The maximum Gasteiger partial charge on any atom is 0.252 e. The molecule has 1 rings (SSSR count). The third kappa shape index (κ3) is 2.38. The van der Waals surface area contributed by atoms with Gasteiger partial charge in [-0.15, -0.1) is 0 Å². The summed E-state index contributed by atoms with van der Waals surface area (Å²) in [6.07, 6.45) is 0. The summed E-state index contributed by atoms with van der Waals surface area (Å²) in [6.45, 7) is 0. The Balaban J connectivity index is 3.18. The van der Waals surface area contributed by atoms with Gasteiger partial charge in [-0.25, -0.2) is 0 Å². The van der Waals surface area contributed by atoms with E-state index in [2.05, 4.69) is 10.0 Å². The van der Waals surface area contributed by atoms with Gasteiger partial charge < -0.3 is 9.47 Å². The Morgan fingerprint density at radius 1 is 1.40 bits per heavy atom. The lowest BCUT2D eigenvalue weighted by Crippen LogP contribution is -1.98. The molecule has 0 heterocycles. The van der Waals surface area contributed by atoms with Gasteiger partial charge in [0.15, 0.2) is 0 Å². The standard InChI is InChI=1S/C9H9N3O3/c1-14-6-3-4-7(8(5-6)15-2)9(13)11-12-10/h3-5H,1-2H3. The molecule has 0 fully saturated rings. The first-order chi connectivity index (χ1) is 7.22. The van der Waals surface area contributed by atoms with Gasteiger partial charge in [0.2, 0.25) is 0 Å². The van der Waals surface area contributed by atoms with Crippen LogP contribution in [0.15, 0.2) is 23.3 Å². The smallest absolute Gasteiger partial charge is 0.252 e. The van der Waals surface area contributed by atoms with E-state index >= 15 is 0 Å². The first kappa shape index (κ1) is 10.9. The molecule has 0 aromatic heterocycles. The minimum atomic E-state index is -0.683. The predicted octanol–water partition coefficient (Wildman–Crippen LogP) is 2.15. The molecular formula is C9H9N3O3. The van der Waals surface area contributed by atoms with Crippen molar-refractivity contribution in [2.75, 3.05) is 14.2 Å². The molecule has 6 heteroatoms. The fourth-order valence-corrected chi connectivity index (χ4v) is 1.07. The largest absolute Gasteiger partial charge is 0.497 e. The number of hydrogen-bond donors (Lipinski definition) is 0. The van der Waals surface area contributed by atoms with E-state index in [0.717, 1.165) is 0 Å². The van der Waals surface area contributed by atoms with E-state index < -0.39 is 5.91 Å². The van der Waals surface area contributed by atoms with Crippen molar-refractivity contribution in [3.63, 3.8) is 0 Å². The van der Waals surface area contributed by atoms with Crippen molar-refractivity contribution in [3.8, 4) is 11.5 Å². The van der Waals surface area contributed by atoms with Crippen LogP contribution in [-0.4, -0.2) is 20.1 Å². The molecule has 0 aliphatic rings. The van der Waals surface area contributed by atoms with Crippen LogP contribution >= 0.6 is 0 Å². The van der Waals surface area contributed by atoms with Crippen molar-refractivity contribution in [1.82, 2.24) is 0 Å². The molecule has 1 aromatic rings. The molecule has 0 aliphatic carbocycles. The van der Waals surface area contributed by atoms with Gasteiger partial charge in [0.25, 0.3) is 5.91 Å². The van der Waals surface area contributed by atoms with Crippen LogP contribution in [0, 0.1) is 0 Å². The number of hydrogen-bond acceptors (Lipinski definition) is 3. The lowest BCUT2D eigenvalue weighted by molar-refractivity contribution is 0.0997. The summed E-state index contributed by atoms with van der Waals surface area (Å²) in [5.41, 5.74) is 8.34. The topological polar surface area (TPSA) is 84.3 Å². The molecule has 0 saturated carbocycles. The molecule has 1 amide bonds. The van der Waals surface area contributed by atoms with E-state index in [-0.39, 0.29) is 5.56 Å². The second-order valence-corrected chi connectivity index (χ2v) is 2.56. The van der Waals surface area contributed by atoms with E-state index in [0.29, 0.717) is 11.5 Å². The lowest BCUT2D eigenvalue weighted by Gasteiger charge is -2.07. The molecule has 0 atom stereocenters. The minimum absolute atomic E-state index is 0.205. The first-order valence-electron chi connectivity index (χ1n) is 4.04. The van der Waals surface area contributed by atoms with Crippen molar-refractivity contribution >= 4 is 5.91 Å². The third-order valence-corrected chi connectivity index (χ3v) is 1.77. The molecule has 1 aromatic carbocycles. The Morgan fingerprint density at radius 2 is 2.13 bits per heavy atom. The summed E-state index contributed by atoms with van der Waals surface area (Å²) >= 11 is 0. The Labute approximate surface area is 86.0 Å².